The van der Waals surface area contributed by atoms with E-state index in [-0.39, 0.29) is 122 Å². The molecular formula is C40H59NO11. The van der Waals surface area contributed by atoms with Crippen molar-refractivity contribution in [3.63, 3.8) is 0 Å². The van der Waals surface area contributed by atoms with Gasteiger partial charge in [-0.25, -0.2) is 0 Å². The fourth-order valence-corrected chi connectivity index (χ4v) is 11.3. The lowest BCUT2D eigenvalue weighted by atomic mass is 9.81. The number of rotatable bonds is 4. The van der Waals surface area contributed by atoms with Crippen molar-refractivity contribution in [1.29, 1.82) is 0 Å². The molecule has 0 aliphatic carbocycles. The number of Topliss-reactive ketones (excluding diaryl/α,β-unsaturated/α-hetero) is 1. The maximum absolute atomic E-state index is 14.1. The minimum absolute atomic E-state index is 0.0158. The first-order valence-corrected chi connectivity index (χ1v) is 20.2. The minimum Gasteiger partial charge on any atom is -0.392 e. The van der Waals surface area contributed by atoms with Crippen LogP contribution in [0, 0.1) is 11.8 Å². The van der Waals surface area contributed by atoms with Gasteiger partial charge >= 0.3 is 0 Å². The van der Waals surface area contributed by atoms with Gasteiger partial charge in [-0.15, -0.1) is 0 Å². The molecule has 290 valence electrons. The van der Waals surface area contributed by atoms with E-state index in [0.717, 1.165) is 56.1 Å². The highest BCUT2D eigenvalue weighted by Crippen LogP contribution is 2.54. The van der Waals surface area contributed by atoms with Gasteiger partial charge in [-0.3, -0.25) is 4.79 Å². The van der Waals surface area contributed by atoms with Gasteiger partial charge in [0.05, 0.1) is 67.1 Å². The van der Waals surface area contributed by atoms with Crippen LogP contribution in [0.25, 0.3) is 0 Å². The van der Waals surface area contributed by atoms with E-state index in [1.165, 1.54) is 0 Å². The second-order valence-electron chi connectivity index (χ2n) is 17.4. The van der Waals surface area contributed by atoms with Crippen LogP contribution in [0.4, 0.5) is 0 Å². The summed E-state index contributed by atoms with van der Waals surface area (Å²) in [6, 6.07) is 0. The van der Waals surface area contributed by atoms with Crippen molar-refractivity contribution in [3.05, 3.63) is 24.3 Å². The molecule has 0 aromatic heterocycles. The van der Waals surface area contributed by atoms with Crippen LogP contribution in [0.15, 0.2) is 24.3 Å². The fourth-order valence-electron chi connectivity index (χ4n) is 11.3. The second kappa shape index (κ2) is 14.3. The average molecular weight is 730 g/mol. The summed E-state index contributed by atoms with van der Waals surface area (Å²) in [7, 11) is 1.66. The molecule has 0 amide bonds. The topological polar surface area (TPSA) is 146 Å². The highest BCUT2D eigenvalue weighted by Gasteiger charge is 2.68. The Bertz CT molecular complexity index is 1380. The number of fused-ring (bicyclic) bond motifs is 6. The zero-order valence-electron chi connectivity index (χ0n) is 30.8. The van der Waals surface area contributed by atoms with Crippen molar-refractivity contribution in [3.8, 4) is 0 Å². The van der Waals surface area contributed by atoms with Gasteiger partial charge < -0.3 is 53.5 Å². The minimum atomic E-state index is -0.780. The number of nitrogens with two attached hydrogens (primary N) is 1. The Morgan fingerprint density at radius 2 is 1.56 bits per heavy atom. The summed E-state index contributed by atoms with van der Waals surface area (Å²) in [4.78, 5) is 14.1. The van der Waals surface area contributed by atoms with E-state index in [1.807, 2.05) is 0 Å². The van der Waals surface area contributed by atoms with Crippen molar-refractivity contribution in [2.75, 3.05) is 13.7 Å². The quantitative estimate of drug-likeness (QED) is 0.409. The van der Waals surface area contributed by atoms with Gasteiger partial charge in [0.1, 0.15) is 36.3 Å². The van der Waals surface area contributed by atoms with Gasteiger partial charge in [-0.05, 0) is 62.0 Å². The number of ether oxygens (including phenoxy) is 9. The van der Waals surface area contributed by atoms with Crippen molar-refractivity contribution < 1.29 is 52.5 Å². The highest BCUT2D eigenvalue weighted by atomic mass is 16.8. The Balaban J connectivity index is 0.994. The van der Waals surface area contributed by atoms with Crippen LogP contribution in [0.3, 0.4) is 0 Å². The van der Waals surface area contributed by atoms with Crippen LogP contribution in [0.1, 0.15) is 90.4 Å². The van der Waals surface area contributed by atoms with Gasteiger partial charge in [0, 0.05) is 58.1 Å². The predicted octanol–water partition coefficient (Wildman–Crippen LogP) is 3.44. The number of hydrogen-bond donors (Lipinski definition) is 2. The van der Waals surface area contributed by atoms with Crippen LogP contribution in [-0.4, -0.2) is 128 Å². The predicted molar refractivity (Wildman–Crippen MR) is 186 cm³/mol. The summed E-state index contributed by atoms with van der Waals surface area (Å²) in [5.41, 5.74) is 8.01. The van der Waals surface area contributed by atoms with E-state index >= 15 is 0 Å². The van der Waals surface area contributed by atoms with Crippen molar-refractivity contribution >= 4 is 5.78 Å². The van der Waals surface area contributed by atoms with Crippen LogP contribution in [0.2, 0.25) is 0 Å². The fraction of sp³-hybridized carbons (Fsp3) is 0.875. The Morgan fingerprint density at radius 1 is 0.808 bits per heavy atom. The van der Waals surface area contributed by atoms with Crippen LogP contribution >= 0.6 is 0 Å². The first-order chi connectivity index (χ1) is 25.1. The molecule has 0 saturated carbocycles. The van der Waals surface area contributed by atoms with E-state index < -0.39 is 18.0 Å². The summed E-state index contributed by atoms with van der Waals surface area (Å²) in [6.07, 6.45) is 4.85. The molecule has 10 heterocycles. The molecule has 0 aromatic rings. The van der Waals surface area contributed by atoms with Crippen LogP contribution < -0.4 is 5.73 Å². The monoisotopic (exact) mass is 729 g/mol. The molecule has 10 aliphatic rings. The molecule has 0 aromatic carbocycles. The third-order valence-corrected chi connectivity index (χ3v) is 14.0. The zero-order chi connectivity index (χ0) is 35.9. The Morgan fingerprint density at radius 3 is 2.38 bits per heavy atom. The second-order valence-corrected chi connectivity index (χ2v) is 17.4. The van der Waals surface area contributed by atoms with E-state index in [4.69, 9.17) is 48.4 Å². The molecule has 12 bridgehead atoms. The summed E-state index contributed by atoms with van der Waals surface area (Å²) >= 11 is 0. The molecule has 12 nitrogen and oxygen atoms in total. The van der Waals surface area contributed by atoms with Gasteiger partial charge in [0.25, 0.3) is 0 Å². The number of carbonyl (C=O) groups excluding carboxylic acids is 1. The van der Waals surface area contributed by atoms with Crippen molar-refractivity contribution in [2.45, 2.75) is 194 Å². The van der Waals surface area contributed by atoms with Gasteiger partial charge in [0.2, 0.25) is 0 Å². The smallest absolute Gasteiger partial charge is 0.172 e. The van der Waals surface area contributed by atoms with E-state index in [2.05, 4.69) is 20.1 Å². The van der Waals surface area contributed by atoms with Gasteiger partial charge in [0.15, 0.2) is 5.79 Å². The van der Waals surface area contributed by atoms with Crippen molar-refractivity contribution in [1.82, 2.24) is 0 Å². The number of carbonyl (C=O) groups is 1. The van der Waals surface area contributed by atoms with Gasteiger partial charge in [-0.2, -0.15) is 0 Å². The van der Waals surface area contributed by atoms with Crippen molar-refractivity contribution in [2.24, 2.45) is 17.6 Å². The Hall–Kier alpha value is -1.29. The largest absolute Gasteiger partial charge is 0.392 e. The maximum Gasteiger partial charge on any atom is 0.172 e. The Labute approximate surface area is 307 Å². The normalized spacial score (nSPS) is 52.4. The average Bonchev–Trinajstić information content (AvgIpc) is 3.79. The highest BCUT2D eigenvalue weighted by molar-refractivity contribution is 5.79. The lowest BCUT2D eigenvalue weighted by molar-refractivity contribution is -0.292. The van der Waals surface area contributed by atoms with Crippen LogP contribution in [0.5, 0.6) is 0 Å². The third kappa shape index (κ3) is 6.59. The molecule has 3 N–H and O–H groups in total. The van der Waals surface area contributed by atoms with Gasteiger partial charge in [-0.1, -0.05) is 20.1 Å². The third-order valence-electron chi connectivity index (χ3n) is 14.0. The number of hydrogen-bond acceptors (Lipinski definition) is 12. The van der Waals surface area contributed by atoms with E-state index in [0.29, 0.717) is 25.7 Å². The molecule has 0 radical (unpaired) electrons. The molecule has 1 spiro atoms. The Kier molecular flexibility index (Phi) is 10.0. The number of aliphatic hydroxyl groups is 1. The SMILES string of the molecule is C=C1CC2CC[C@@]34C[C@H]5O[C@H]6[C@@H](O3)[C@H]3OC(CC[C@@H]3O[C@H]6[C@H]5O4)CC(=O)C[C@@H]3[C@@H](OC)[C@@H](C[C@H](O)CN)O[C@H]3CC3O[C@@H](CCC1O2)C[C@@H](C)C3=C. The lowest BCUT2D eigenvalue weighted by Gasteiger charge is -2.47. The first kappa shape index (κ1) is 36.4. The van der Waals surface area contributed by atoms with Crippen LogP contribution in [-0.2, 0) is 47.4 Å². The molecule has 10 rings (SSSR count). The molecule has 12 heteroatoms. The molecule has 10 aliphatic heterocycles. The summed E-state index contributed by atoms with van der Waals surface area (Å²) in [5, 5.41) is 10.5. The lowest BCUT2D eigenvalue weighted by Crippen LogP contribution is -2.61. The summed E-state index contributed by atoms with van der Waals surface area (Å²) < 4.78 is 60.0. The van der Waals surface area contributed by atoms with E-state index in [1.54, 1.807) is 7.11 Å². The standard InChI is InChI=1S/C40H59NO11/c1-19-11-24-5-7-28-20(2)12-26(45-28)9-10-40-17-33-36(51-40)37-38(50-33)39(52-40)35-29(49-37)8-6-25(47-35)13-22(42)14-27-31(16-30(46-24)21(19)3)48-32(34(27)44-4)15-23(43)18-41/h19,23-39,43H,2-3,5-18,41H2,1,4H3/t19-,23+,24+,25?,26?,27+,28?,29+,30?,31+,32-,33-,34-,35+,36+,37+,38-,39+,40+/m1/s1. The summed E-state index contributed by atoms with van der Waals surface area (Å²) in [6.45, 7) is 11.3. The molecule has 10 saturated heterocycles. The number of methoxy groups -OCH3 is 1. The molecule has 19 atom stereocenters. The molecule has 10 fully saturated rings. The molecule has 52 heavy (non-hydrogen) atoms. The molecule has 4 unspecified atom stereocenters. The first-order valence-electron chi connectivity index (χ1n) is 20.2. The molecular weight excluding hydrogens is 670 g/mol. The number of ketones is 1. The zero-order valence-corrected chi connectivity index (χ0v) is 30.8. The number of aliphatic hydroxyl groups excluding tert-OH is 1. The van der Waals surface area contributed by atoms with E-state index in [9.17, 15) is 9.90 Å². The summed E-state index contributed by atoms with van der Waals surface area (Å²) in [5.74, 6) is -0.619. The maximum atomic E-state index is 14.1.